The summed E-state index contributed by atoms with van der Waals surface area (Å²) in [5, 5.41) is 56.7. The zero-order chi connectivity index (χ0) is 57.5. The number of hydrogen-bond donors (Lipinski definition) is 13. The fourth-order valence-electron chi connectivity index (χ4n) is 8.15. The van der Waals surface area contributed by atoms with E-state index in [2.05, 4.69) is 37.2 Å². The number of carbonyl (C=O) groups excluding carboxylic acids is 9. The molecule has 0 saturated carbocycles. The Labute approximate surface area is 450 Å². The molecule has 26 heteroatoms. The first kappa shape index (κ1) is 64.0. The highest BCUT2D eigenvalue weighted by Gasteiger charge is 2.41. The van der Waals surface area contributed by atoms with Crippen LogP contribution in [0, 0.1) is 11.8 Å². The van der Waals surface area contributed by atoms with E-state index in [1.807, 2.05) is 6.92 Å². The average Bonchev–Trinajstić information content (AvgIpc) is 3.89. The van der Waals surface area contributed by atoms with Crippen molar-refractivity contribution in [2.24, 2.45) is 23.3 Å². The van der Waals surface area contributed by atoms with Crippen molar-refractivity contribution < 1.29 is 73.2 Å². The number of phenolic OH excluding ortho intramolecular Hbond substituents is 1. The molecule has 3 rings (SSSR count). The average molecular weight is 1100 g/mol. The fourth-order valence-corrected chi connectivity index (χ4v) is 8.62. The first-order valence-electron chi connectivity index (χ1n) is 25.2. The molecule has 1 fully saturated rings. The molecule has 77 heavy (non-hydrogen) atoms. The van der Waals surface area contributed by atoms with Gasteiger partial charge in [0.2, 0.25) is 53.2 Å². The zero-order valence-corrected chi connectivity index (χ0v) is 44.6. The molecule has 2 aromatic rings. The molecule has 1 aliphatic heterocycles. The standard InChI is InChI=1S/C51H74N10O15S/c1-6-28(4)41(53)49(73)55-33(20-22-77-5)43(67)56-35(25-40(65)66)46(70)54-32(18-19-39(52)64)44(68)60-42(27(2)3)50(74)61-21-10-13-38(61)48(72)57-34(23-29-11-8-7-9-12-29)45(69)59-37(26-62)47(71)58-36(51(75)76)24-30-14-16-31(63)17-15-30/h7-9,11-12,14-17,27-28,32-38,41-42,62-63H,6,10,13,18-26,53H2,1-5H3,(H2,52,64)(H,54,70)(H,55,73)(H,56,67)(H,57,72)(H,58,71)(H,59,69)(H,60,68)(H,65,66)(H,75,76)/t28-,32-,33-,34-,35-,36-,37-,38-,41-,42-/m0/s1. The van der Waals surface area contributed by atoms with Gasteiger partial charge in [0.05, 0.1) is 19.1 Å². The van der Waals surface area contributed by atoms with Crippen LogP contribution in [0.5, 0.6) is 5.75 Å². The van der Waals surface area contributed by atoms with Crippen molar-refractivity contribution in [1.82, 2.24) is 42.1 Å². The number of hydrogen-bond acceptors (Lipinski definition) is 15. The molecule has 15 N–H and O–H groups in total. The minimum absolute atomic E-state index is 0.0214. The minimum Gasteiger partial charge on any atom is -0.508 e. The topological polar surface area (TPSA) is 408 Å². The summed E-state index contributed by atoms with van der Waals surface area (Å²) in [6.45, 7) is 5.82. The first-order valence-corrected chi connectivity index (χ1v) is 26.6. The quantitative estimate of drug-likeness (QED) is 0.0383. The van der Waals surface area contributed by atoms with Gasteiger partial charge in [0.25, 0.3) is 0 Å². The van der Waals surface area contributed by atoms with E-state index < -0.39 is 151 Å². The molecule has 0 aromatic heterocycles. The Morgan fingerprint density at radius 2 is 1.19 bits per heavy atom. The number of carbonyl (C=O) groups is 11. The third kappa shape index (κ3) is 20.6. The summed E-state index contributed by atoms with van der Waals surface area (Å²) in [5.74, 6) is -11.6. The molecule has 0 radical (unpaired) electrons. The SMILES string of the molecule is CC[C@H](C)[C@H](N)C(=O)N[C@@H](CCSC)C(=O)N[C@@H](CC(=O)O)C(=O)N[C@@H](CCC(N)=O)C(=O)N[C@H](C(=O)N1CCC[C@H]1C(=O)N[C@@H](Cc1ccccc1)C(=O)N[C@@H](CO)C(=O)N[C@@H](Cc1ccc(O)cc1)C(=O)O)C(C)C. The van der Waals surface area contributed by atoms with Crippen molar-refractivity contribution in [3.63, 3.8) is 0 Å². The highest BCUT2D eigenvalue weighted by atomic mass is 32.2. The predicted molar refractivity (Wildman–Crippen MR) is 281 cm³/mol. The van der Waals surface area contributed by atoms with Crippen molar-refractivity contribution >= 4 is 76.9 Å². The maximum absolute atomic E-state index is 14.5. The molecule has 0 bridgehead atoms. The van der Waals surface area contributed by atoms with Gasteiger partial charge in [-0.2, -0.15) is 11.8 Å². The van der Waals surface area contributed by atoms with E-state index in [4.69, 9.17) is 11.5 Å². The smallest absolute Gasteiger partial charge is 0.326 e. The number of carboxylic acids is 2. The van der Waals surface area contributed by atoms with E-state index >= 15 is 0 Å². The molecule has 1 aliphatic rings. The lowest BCUT2D eigenvalue weighted by Gasteiger charge is -2.32. The molecule has 1 saturated heterocycles. The molecule has 2 aromatic carbocycles. The van der Waals surface area contributed by atoms with Crippen molar-refractivity contribution in [1.29, 1.82) is 0 Å². The highest BCUT2D eigenvalue weighted by Crippen LogP contribution is 2.22. The van der Waals surface area contributed by atoms with Gasteiger partial charge in [-0.3, -0.25) is 47.9 Å². The summed E-state index contributed by atoms with van der Waals surface area (Å²) in [4.78, 5) is 148. The van der Waals surface area contributed by atoms with Crippen LogP contribution in [0.2, 0.25) is 0 Å². The van der Waals surface area contributed by atoms with Crippen LogP contribution in [-0.4, -0.2) is 170 Å². The second-order valence-electron chi connectivity index (χ2n) is 19.2. The molecule has 424 valence electrons. The first-order chi connectivity index (χ1) is 36.4. The van der Waals surface area contributed by atoms with Crippen molar-refractivity contribution in [3.8, 4) is 5.75 Å². The molecule has 0 aliphatic carbocycles. The zero-order valence-electron chi connectivity index (χ0n) is 43.8. The van der Waals surface area contributed by atoms with Crippen LogP contribution in [-0.2, 0) is 65.6 Å². The molecule has 9 amide bonds. The molecule has 10 atom stereocenters. The Kier molecular flexibility index (Phi) is 26.3. The maximum atomic E-state index is 14.5. The second kappa shape index (κ2) is 31.7. The van der Waals surface area contributed by atoms with Crippen LogP contribution in [0.4, 0.5) is 0 Å². The molecule has 25 nitrogen and oxygen atoms in total. The Hall–Kier alpha value is -7.32. The second-order valence-corrected chi connectivity index (χ2v) is 20.1. The van der Waals surface area contributed by atoms with Crippen LogP contribution in [0.25, 0.3) is 0 Å². The number of nitrogens with one attached hydrogen (secondary N) is 7. The van der Waals surface area contributed by atoms with Crippen LogP contribution < -0.4 is 48.7 Å². The van der Waals surface area contributed by atoms with E-state index in [1.165, 1.54) is 40.9 Å². The highest BCUT2D eigenvalue weighted by molar-refractivity contribution is 7.98. The Morgan fingerprint density at radius 3 is 1.77 bits per heavy atom. The van der Waals surface area contributed by atoms with Gasteiger partial charge < -0.3 is 74.0 Å². The minimum atomic E-state index is -1.81. The number of primary amides is 1. The number of aromatic hydroxyl groups is 1. The van der Waals surface area contributed by atoms with Gasteiger partial charge in [0, 0.05) is 25.8 Å². The van der Waals surface area contributed by atoms with Gasteiger partial charge in [0.1, 0.15) is 54.1 Å². The molecular weight excluding hydrogens is 1020 g/mol. The van der Waals surface area contributed by atoms with Gasteiger partial charge in [0.15, 0.2) is 0 Å². The number of rotatable bonds is 32. The summed E-state index contributed by atoms with van der Waals surface area (Å²) in [6.07, 6.45) is 0.607. The molecule has 1 heterocycles. The number of nitrogens with two attached hydrogens (primary N) is 2. The van der Waals surface area contributed by atoms with E-state index in [0.29, 0.717) is 29.7 Å². The number of aliphatic carboxylic acids is 2. The van der Waals surface area contributed by atoms with Crippen LogP contribution in [0.15, 0.2) is 54.6 Å². The van der Waals surface area contributed by atoms with E-state index in [0.717, 1.165) is 0 Å². The summed E-state index contributed by atoms with van der Waals surface area (Å²) < 4.78 is 0. The van der Waals surface area contributed by atoms with E-state index in [1.54, 1.807) is 57.4 Å². The molecular formula is C51H74N10O15S. The van der Waals surface area contributed by atoms with E-state index in [9.17, 15) is 73.2 Å². The van der Waals surface area contributed by atoms with Gasteiger partial charge in [-0.1, -0.05) is 76.6 Å². The molecule has 0 unspecified atom stereocenters. The summed E-state index contributed by atoms with van der Waals surface area (Å²) in [7, 11) is 0. The van der Waals surface area contributed by atoms with Gasteiger partial charge in [-0.15, -0.1) is 0 Å². The molecule has 0 spiro atoms. The lowest BCUT2D eigenvalue weighted by atomic mass is 9.99. The lowest BCUT2D eigenvalue weighted by molar-refractivity contribution is -0.144. The third-order valence-electron chi connectivity index (χ3n) is 12.9. The fraction of sp³-hybridized carbons (Fsp3) is 0.549. The number of thioether (sulfide) groups is 1. The number of aliphatic hydroxyl groups excluding tert-OH is 1. The number of amides is 9. The van der Waals surface area contributed by atoms with Gasteiger partial charge in [-0.05, 0) is 72.8 Å². The number of carboxylic acid groups (broad SMARTS) is 2. The van der Waals surface area contributed by atoms with Crippen LogP contribution >= 0.6 is 11.8 Å². The number of nitrogens with zero attached hydrogens (tertiary/aromatic N) is 1. The number of benzene rings is 2. The summed E-state index contributed by atoms with van der Waals surface area (Å²) in [5.41, 5.74) is 12.5. The Bertz CT molecular complexity index is 2380. The largest absolute Gasteiger partial charge is 0.508 e. The van der Waals surface area contributed by atoms with Gasteiger partial charge in [-0.25, -0.2) is 4.79 Å². The van der Waals surface area contributed by atoms with Crippen molar-refractivity contribution in [2.75, 3.05) is 25.2 Å². The van der Waals surface area contributed by atoms with E-state index in [-0.39, 0.29) is 43.9 Å². The Morgan fingerprint density at radius 1 is 0.675 bits per heavy atom. The predicted octanol–water partition coefficient (Wildman–Crippen LogP) is -1.84. The van der Waals surface area contributed by atoms with Crippen LogP contribution in [0.3, 0.4) is 0 Å². The van der Waals surface area contributed by atoms with Gasteiger partial charge >= 0.3 is 11.9 Å². The third-order valence-corrected chi connectivity index (χ3v) is 13.6. The van der Waals surface area contributed by atoms with Crippen molar-refractivity contribution in [3.05, 3.63) is 65.7 Å². The van der Waals surface area contributed by atoms with Crippen molar-refractivity contribution in [2.45, 2.75) is 140 Å². The van der Waals surface area contributed by atoms with Crippen LogP contribution in [0.1, 0.15) is 83.8 Å². The number of likely N-dealkylation sites (tertiary alicyclic amines) is 1. The maximum Gasteiger partial charge on any atom is 0.326 e. The Balaban J connectivity index is 1.84. The summed E-state index contributed by atoms with van der Waals surface area (Å²) in [6, 6.07) is 1.18. The number of phenols is 1. The normalized spacial score (nSPS) is 16.6. The monoisotopic (exact) mass is 1100 g/mol. The number of aliphatic hydroxyl groups is 1. The summed E-state index contributed by atoms with van der Waals surface area (Å²) >= 11 is 1.36. The lowest BCUT2D eigenvalue weighted by Crippen LogP contribution is -2.61.